The molecule has 0 amide bonds. The number of ether oxygens (including phenoxy) is 1. The van der Waals surface area contributed by atoms with Gasteiger partial charge in [0.25, 0.3) is 0 Å². The molecule has 1 aromatic rings. The van der Waals surface area contributed by atoms with Crippen LogP contribution in [0.5, 0.6) is 5.75 Å². The van der Waals surface area contributed by atoms with Gasteiger partial charge in [0.05, 0.1) is 12.2 Å². The van der Waals surface area contributed by atoms with E-state index in [1.807, 2.05) is 19.9 Å². The topological polar surface area (TPSA) is 44.7 Å². The number of benzene rings is 1. The van der Waals surface area contributed by atoms with E-state index in [2.05, 4.69) is 43.1 Å². The first-order valence-electron chi connectivity index (χ1n) is 8.69. The maximum absolute atomic E-state index is 10.8. The van der Waals surface area contributed by atoms with Gasteiger partial charge < -0.3 is 15.2 Å². The first-order valence-corrected chi connectivity index (χ1v) is 8.69. The molecule has 23 heavy (non-hydrogen) atoms. The third-order valence-electron chi connectivity index (χ3n) is 4.24. The summed E-state index contributed by atoms with van der Waals surface area (Å²) in [6.07, 6.45) is -0.426. The molecular formula is C19H32N2O2. The van der Waals surface area contributed by atoms with Crippen LogP contribution in [0.1, 0.15) is 51.8 Å². The number of aliphatic hydroxyl groups is 1. The Bertz CT molecular complexity index is 503. The lowest BCUT2D eigenvalue weighted by atomic mass is 9.85. The highest BCUT2D eigenvalue weighted by Crippen LogP contribution is 2.32. The predicted octanol–water partition coefficient (Wildman–Crippen LogP) is 2.71. The number of nitrogens with zero attached hydrogens (tertiary/aromatic N) is 1. The van der Waals surface area contributed by atoms with E-state index in [-0.39, 0.29) is 11.5 Å². The average Bonchev–Trinajstić information content (AvgIpc) is 2.46. The second-order valence-electron chi connectivity index (χ2n) is 7.74. The minimum Gasteiger partial charge on any atom is -0.491 e. The summed E-state index contributed by atoms with van der Waals surface area (Å²) in [5.74, 6) is 0.802. The lowest BCUT2D eigenvalue weighted by Crippen LogP contribution is -2.45. The van der Waals surface area contributed by atoms with Crippen LogP contribution in [0, 0.1) is 0 Å². The summed E-state index contributed by atoms with van der Waals surface area (Å²) in [6.45, 7) is 15.2. The summed E-state index contributed by atoms with van der Waals surface area (Å²) in [5.41, 5.74) is 2.19. The number of hydrogen-bond donors (Lipinski definition) is 2. The minimum atomic E-state index is -0.524. The third-order valence-corrected chi connectivity index (χ3v) is 4.24. The van der Waals surface area contributed by atoms with E-state index >= 15 is 0 Å². The van der Waals surface area contributed by atoms with E-state index < -0.39 is 6.10 Å². The number of rotatable bonds is 5. The smallest absolute Gasteiger partial charge is 0.125 e. The van der Waals surface area contributed by atoms with Gasteiger partial charge in [0.1, 0.15) is 5.75 Å². The van der Waals surface area contributed by atoms with E-state index in [9.17, 15) is 5.11 Å². The summed E-state index contributed by atoms with van der Waals surface area (Å²) in [4.78, 5) is 2.31. The van der Waals surface area contributed by atoms with E-state index in [1.165, 1.54) is 5.56 Å². The van der Waals surface area contributed by atoms with Crippen molar-refractivity contribution in [2.24, 2.45) is 0 Å². The molecular weight excluding hydrogens is 288 g/mol. The Morgan fingerprint density at radius 2 is 1.87 bits per heavy atom. The molecule has 4 heteroatoms. The molecule has 1 aliphatic rings. The maximum Gasteiger partial charge on any atom is 0.125 e. The Kier molecular flexibility index (Phi) is 6.06. The number of aliphatic hydroxyl groups excluding tert-OH is 1. The fraction of sp³-hybridized carbons (Fsp3) is 0.684. The molecule has 2 N–H and O–H groups in total. The summed E-state index contributed by atoms with van der Waals surface area (Å²) < 4.78 is 5.93. The normalized spacial score (nSPS) is 18.2. The van der Waals surface area contributed by atoms with E-state index in [1.54, 1.807) is 0 Å². The lowest BCUT2D eigenvalue weighted by molar-refractivity contribution is 0.101. The van der Waals surface area contributed by atoms with Gasteiger partial charge >= 0.3 is 0 Å². The van der Waals surface area contributed by atoms with Crippen molar-refractivity contribution in [3.63, 3.8) is 0 Å². The molecule has 1 saturated heterocycles. The van der Waals surface area contributed by atoms with Gasteiger partial charge in [0.15, 0.2) is 0 Å². The molecule has 0 saturated carbocycles. The van der Waals surface area contributed by atoms with Crippen LogP contribution in [0.4, 0.5) is 0 Å². The van der Waals surface area contributed by atoms with Crippen LogP contribution in [0.15, 0.2) is 18.2 Å². The van der Waals surface area contributed by atoms with Crippen molar-refractivity contribution < 1.29 is 9.84 Å². The Labute approximate surface area is 140 Å². The Morgan fingerprint density at radius 3 is 2.43 bits per heavy atom. The number of nitrogens with one attached hydrogen (secondary N) is 1. The molecule has 1 aromatic carbocycles. The SMILES string of the molecule is CC(C)Oc1ccc(C(C)(C)C)cc1C(O)CN1CCNCC1. The quantitative estimate of drug-likeness (QED) is 0.875. The second kappa shape index (κ2) is 7.65. The van der Waals surface area contributed by atoms with E-state index in [0.717, 1.165) is 37.5 Å². The number of β-amino-alcohol motifs (C(OH)–C–C–N with tert-alkyl or cyclic N) is 1. The lowest BCUT2D eigenvalue weighted by Gasteiger charge is -2.30. The first-order chi connectivity index (χ1) is 10.8. The van der Waals surface area contributed by atoms with Crippen LogP contribution in [-0.4, -0.2) is 48.8 Å². The summed E-state index contributed by atoms with van der Waals surface area (Å²) in [7, 11) is 0. The van der Waals surface area contributed by atoms with E-state index in [0.29, 0.717) is 6.54 Å². The summed E-state index contributed by atoms with van der Waals surface area (Å²) in [6, 6.07) is 6.24. The molecule has 2 rings (SSSR count). The highest BCUT2D eigenvalue weighted by Gasteiger charge is 2.22. The zero-order valence-corrected chi connectivity index (χ0v) is 15.2. The van der Waals surface area contributed by atoms with Gasteiger partial charge in [-0.15, -0.1) is 0 Å². The molecule has 4 nitrogen and oxygen atoms in total. The zero-order chi connectivity index (χ0) is 17.0. The second-order valence-corrected chi connectivity index (χ2v) is 7.74. The maximum atomic E-state index is 10.8. The molecule has 1 fully saturated rings. The molecule has 0 aromatic heterocycles. The van der Waals surface area contributed by atoms with Gasteiger partial charge in [-0.3, -0.25) is 4.90 Å². The van der Waals surface area contributed by atoms with Gasteiger partial charge in [-0.05, 0) is 37.0 Å². The fourth-order valence-electron chi connectivity index (χ4n) is 2.87. The molecule has 1 unspecified atom stereocenters. The van der Waals surface area contributed by atoms with Crippen molar-refractivity contribution in [3.8, 4) is 5.75 Å². The van der Waals surface area contributed by atoms with Crippen molar-refractivity contribution in [1.29, 1.82) is 0 Å². The molecule has 1 atom stereocenters. The monoisotopic (exact) mass is 320 g/mol. The van der Waals surface area contributed by atoms with Crippen molar-refractivity contribution in [1.82, 2.24) is 10.2 Å². The van der Waals surface area contributed by atoms with E-state index in [4.69, 9.17) is 4.74 Å². The van der Waals surface area contributed by atoms with Crippen LogP contribution in [0.3, 0.4) is 0 Å². The average molecular weight is 320 g/mol. The van der Waals surface area contributed by atoms with Gasteiger partial charge in [-0.2, -0.15) is 0 Å². The molecule has 1 aliphatic heterocycles. The Hall–Kier alpha value is -1.10. The third kappa shape index (κ3) is 5.20. The highest BCUT2D eigenvalue weighted by atomic mass is 16.5. The van der Waals surface area contributed by atoms with Crippen LogP contribution in [-0.2, 0) is 5.41 Å². The van der Waals surface area contributed by atoms with Crippen LogP contribution in [0.2, 0.25) is 0 Å². The zero-order valence-electron chi connectivity index (χ0n) is 15.2. The largest absolute Gasteiger partial charge is 0.491 e. The van der Waals surface area contributed by atoms with Crippen LogP contribution >= 0.6 is 0 Å². The molecule has 0 aliphatic carbocycles. The first kappa shape index (κ1) is 18.2. The van der Waals surface area contributed by atoms with Gasteiger partial charge in [-0.1, -0.05) is 26.8 Å². The van der Waals surface area contributed by atoms with Crippen molar-refractivity contribution in [2.45, 2.75) is 52.2 Å². The number of piperazine rings is 1. The fourth-order valence-corrected chi connectivity index (χ4v) is 2.87. The highest BCUT2D eigenvalue weighted by molar-refractivity contribution is 5.41. The van der Waals surface area contributed by atoms with Crippen molar-refractivity contribution in [3.05, 3.63) is 29.3 Å². The van der Waals surface area contributed by atoms with Gasteiger partial charge in [0, 0.05) is 38.3 Å². The van der Waals surface area contributed by atoms with Crippen LogP contribution in [0.25, 0.3) is 0 Å². The molecule has 130 valence electrons. The molecule has 0 spiro atoms. The van der Waals surface area contributed by atoms with Crippen molar-refractivity contribution in [2.75, 3.05) is 32.7 Å². The summed E-state index contributed by atoms with van der Waals surface area (Å²) >= 11 is 0. The van der Waals surface area contributed by atoms with Crippen LogP contribution < -0.4 is 10.1 Å². The molecule has 0 bridgehead atoms. The molecule has 0 radical (unpaired) electrons. The standard InChI is InChI=1S/C19H32N2O2/c1-14(2)23-18-7-6-15(19(3,4)5)12-16(18)17(22)13-21-10-8-20-9-11-21/h6-7,12,14,17,20,22H,8-11,13H2,1-5H3. The van der Waals surface area contributed by atoms with Gasteiger partial charge in [-0.25, -0.2) is 0 Å². The Morgan fingerprint density at radius 1 is 1.22 bits per heavy atom. The summed E-state index contributed by atoms with van der Waals surface area (Å²) in [5, 5.41) is 14.2. The molecule has 1 heterocycles. The van der Waals surface area contributed by atoms with Crippen molar-refractivity contribution >= 4 is 0 Å². The Balaban J connectivity index is 2.23. The predicted molar refractivity (Wildman–Crippen MR) is 95.2 cm³/mol. The van der Waals surface area contributed by atoms with Gasteiger partial charge in [0.2, 0.25) is 0 Å². The minimum absolute atomic E-state index is 0.0554. The number of hydrogen-bond acceptors (Lipinski definition) is 4.